The van der Waals surface area contributed by atoms with Crippen molar-refractivity contribution in [3.05, 3.63) is 53.3 Å². The fourth-order valence-corrected chi connectivity index (χ4v) is 6.44. The molecule has 0 spiro atoms. The molecule has 0 radical (unpaired) electrons. The van der Waals surface area contributed by atoms with E-state index in [9.17, 15) is 4.79 Å². The van der Waals surface area contributed by atoms with Gasteiger partial charge in [0.05, 0.1) is 22.8 Å². The van der Waals surface area contributed by atoms with Crippen LogP contribution < -0.4 is 16.0 Å². The van der Waals surface area contributed by atoms with Gasteiger partial charge < -0.3 is 20.7 Å². The molecule has 4 rings (SSSR count). The quantitative estimate of drug-likeness (QED) is 0.0908. The number of aromatic nitrogens is 3. The number of benzene rings is 1. The highest BCUT2D eigenvalue weighted by Gasteiger charge is 2.22. The molecule has 254 valence electrons. The Morgan fingerprint density at radius 1 is 0.848 bits per heavy atom. The molecule has 1 aliphatic heterocycles. The largest absolute Gasteiger partial charge is 0.381 e. The van der Waals surface area contributed by atoms with Crippen molar-refractivity contribution in [1.29, 1.82) is 0 Å². The number of hydrogen-bond donors (Lipinski definition) is 3. The fourth-order valence-electron chi connectivity index (χ4n) is 6.44. The van der Waals surface area contributed by atoms with Gasteiger partial charge in [0.1, 0.15) is 0 Å². The van der Waals surface area contributed by atoms with Crippen LogP contribution in [0, 0.1) is 0 Å². The van der Waals surface area contributed by atoms with Gasteiger partial charge in [-0.15, -0.1) is 0 Å². The second kappa shape index (κ2) is 21.0. The number of carbonyl (C=O) groups excluding carboxylic acids is 1. The van der Waals surface area contributed by atoms with Gasteiger partial charge in [-0.25, -0.2) is 9.67 Å². The molecule has 1 amide bonds. The third-order valence-corrected chi connectivity index (χ3v) is 9.26. The first-order chi connectivity index (χ1) is 22.7. The van der Waals surface area contributed by atoms with Gasteiger partial charge in [0.25, 0.3) is 5.91 Å². The summed E-state index contributed by atoms with van der Waals surface area (Å²) in [7, 11) is 0. The number of hydrogen-bond acceptors (Lipinski definition) is 6. The maximum absolute atomic E-state index is 13.5. The zero-order valence-corrected chi connectivity index (χ0v) is 28.8. The van der Waals surface area contributed by atoms with Crippen LogP contribution in [0.1, 0.15) is 138 Å². The molecule has 1 saturated heterocycles. The monoisotopic (exact) mass is 632 g/mol. The summed E-state index contributed by atoms with van der Waals surface area (Å²) < 4.78 is 7.41. The molecule has 0 unspecified atom stereocenters. The zero-order valence-electron chi connectivity index (χ0n) is 28.8. The van der Waals surface area contributed by atoms with E-state index in [4.69, 9.17) is 4.74 Å². The Morgan fingerprint density at radius 2 is 1.48 bits per heavy atom. The SMILES string of the molecule is CCCCCCCCCCCCCCCCNCc1cccc(CNC(=O)c2cnc3c(cnn3CC)c2NC2CCOCC2)c1. The first-order valence-electron chi connectivity index (χ1n) is 18.4. The Bertz CT molecular complexity index is 1290. The molecule has 1 fully saturated rings. The minimum atomic E-state index is -0.130. The number of unbranched alkanes of at least 4 members (excludes halogenated alkanes) is 13. The summed E-state index contributed by atoms with van der Waals surface area (Å²) in [6.45, 7) is 8.88. The van der Waals surface area contributed by atoms with Crippen molar-refractivity contribution in [3.63, 3.8) is 0 Å². The van der Waals surface area contributed by atoms with Crippen molar-refractivity contribution < 1.29 is 9.53 Å². The molecule has 0 aliphatic carbocycles. The Labute approximate surface area is 277 Å². The molecule has 3 N–H and O–H groups in total. The molecule has 1 aliphatic rings. The number of fused-ring (bicyclic) bond motifs is 1. The summed E-state index contributed by atoms with van der Waals surface area (Å²) >= 11 is 0. The van der Waals surface area contributed by atoms with E-state index in [0.29, 0.717) is 12.1 Å². The predicted molar refractivity (Wildman–Crippen MR) is 190 cm³/mol. The lowest BCUT2D eigenvalue weighted by Gasteiger charge is -2.25. The molecular weight excluding hydrogens is 572 g/mol. The molecule has 3 heterocycles. The van der Waals surface area contributed by atoms with E-state index >= 15 is 0 Å². The van der Waals surface area contributed by atoms with Crippen LogP contribution in [0.4, 0.5) is 5.69 Å². The van der Waals surface area contributed by atoms with E-state index in [-0.39, 0.29) is 11.9 Å². The van der Waals surface area contributed by atoms with Crippen molar-refractivity contribution in [2.45, 2.75) is 142 Å². The number of nitrogens with zero attached hydrogens (tertiary/aromatic N) is 3. The lowest BCUT2D eigenvalue weighted by Crippen LogP contribution is -2.30. The van der Waals surface area contributed by atoms with Crippen LogP contribution in [0.15, 0.2) is 36.7 Å². The van der Waals surface area contributed by atoms with E-state index in [1.807, 2.05) is 17.8 Å². The van der Waals surface area contributed by atoms with Crippen molar-refractivity contribution in [1.82, 2.24) is 25.4 Å². The van der Waals surface area contributed by atoms with Crippen LogP contribution >= 0.6 is 0 Å². The lowest BCUT2D eigenvalue weighted by atomic mass is 10.0. The number of pyridine rings is 1. The summed E-state index contributed by atoms with van der Waals surface area (Å²) in [5.74, 6) is -0.130. The third kappa shape index (κ3) is 12.0. The average Bonchev–Trinajstić information content (AvgIpc) is 3.51. The molecule has 0 bridgehead atoms. The van der Waals surface area contributed by atoms with Gasteiger partial charge in [0, 0.05) is 45.1 Å². The molecule has 0 saturated carbocycles. The zero-order chi connectivity index (χ0) is 32.2. The number of ether oxygens (including phenoxy) is 1. The molecule has 3 aromatic rings. The van der Waals surface area contributed by atoms with E-state index < -0.39 is 0 Å². The van der Waals surface area contributed by atoms with Crippen LogP contribution in [0.25, 0.3) is 11.0 Å². The lowest BCUT2D eigenvalue weighted by molar-refractivity contribution is 0.0904. The summed E-state index contributed by atoms with van der Waals surface area (Å²) in [6, 6.07) is 8.75. The first kappa shape index (κ1) is 35.9. The molecule has 0 atom stereocenters. The van der Waals surface area contributed by atoms with E-state index in [2.05, 4.69) is 57.2 Å². The summed E-state index contributed by atoms with van der Waals surface area (Å²) in [6.07, 6.45) is 24.7. The smallest absolute Gasteiger partial charge is 0.255 e. The van der Waals surface area contributed by atoms with Gasteiger partial charge in [-0.1, -0.05) is 115 Å². The maximum Gasteiger partial charge on any atom is 0.255 e. The normalized spacial score (nSPS) is 13.8. The van der Waals surface area contributed by atoms with E-state index in [1.165, 1.54) is 95.5 Å². The van der Waals surface area contributed by atoms with Gasteiger partial charge in [-0.3, -0.25) is 4.79 Å². The minimum absolute atomic E-state index is 0.130. The van der Waals surface area contributed by atoms with Crippen LogP contribution in [0.5, 0.6) is 0 Å². The second-order valence-electron chi connectivity index (χ2n) is 13.1. The average molecular weight is 633 g/mol. The van der Waals surface area contributed by atoms with Crippen molar-refractivity contribution in [3.8, 4) is 0 Å². The van der Waals surface area contributed by atoms with Crippen LogP contribution in [0.3, 0.4) is 0 Å². The molecule has 8 nitrogen and oxygen atoms in total. The van der Waals surface area contributed by atoms with Gasteiger partial charge in [0.2, 0.25) is 0 Å². The van der Waals surface area contributed by atoms with E-state index in [0.717, 1.165) is 68.0 Å². The van der Waals surface area contributed by atoms with Crippen molar-refractivity contribution in [2.75, 3.05) is 25.1 Å². The summed E-state index contributed by atoms with van der Waals surface area (Å²) in [5.41, 5.74) is 4.50. The molecule has 46 heavy (non-hydrogen) atoms. The molecule has 2 aromatic heterocycles. The van der Waals surface area contributed by atoms with Gasteiger partial charge >= 0.3 is 0 Å². The van der Waals surface area contributed by atoms with Gasteiger partial charge in [-0.2, -0.15) is 5.10 Å². The number of anilines is 1. The van der Waals surface area contributed by atoms with Crippen LogP contribution in [-0.2, 0) is 24.4 Å². The number of rotatable bonds is 23. The summed E-state index contributed by atoms with van der Waals surface area (Å²) in [4.78, 5) is 18.1. The number of aryl methyl sites for hydroxylation is 1. The van der Waals surface area contributed by atoms with Gasteiger partial charge in [-0.05, 0) is 43.9 Å². The Kier molecular flexibility index (Phi) is 16.4. The Hall–Kier alpha value is -2.97. The molecular formula is C38H60N6O2. The number of amides is 1. The van der Waals surface area contributed by atoms with Crippen molar-refractivity contribution in [2.24, 2.45) is 0 Å². The topological polar surface area (TPSA) is 93.1 Å². The predicted octanol–water partition coefficient (Wildman–Crippen LogP) is 8.54. The third-order valence-electron chi connectivity index (χ3n) is 9.26. The highest BCUT2D eigenvalue weighted by Crippen LogP contribution is 2.28. The van der Waals surface area contributed by atoms with Crippen LogP contribution in [0.2, 0.25) is 0 Å². The second-order valence-corrected chi connectivity index (χ2v) is 13.1. The number of carbonyl (C=O) groups is 1. The Morgan fingerprint density at radius 3 is 2.13 bits per heavy atom. The highest BCUT2D eigenvalue weighted by molar-refractivity contribution is 6.06. The van der Waals surface area contributed by atoms with Gasteiger partial charge in [0.15, 0.2) is 5.65 Å². The summed E-state index contributed by atoms with van der Waals surface area (Å²) in [5, 5.41) is 15.8. The van der Waals surface area contributed by atoms with Crippen molar-refractivity contribution >= 4 is 22.6 Å². The number of nitrogens with one attached hydrogen (secondary N) is 3. The fraction of sp³-hybridized carbons (Fsp3) is 0.658. The standard InChI is InChI=1S/C38H60N6O2/c1-3-5-6-7-8-9-10-11-12-13-14-15-16-17-23-39-27-31-19-18-20-32(26-31)28-41-38(45)35-29-40-37-34(30-42-44(37)4-2)36(35)43-33-21-24-46-25-22-33/h18-20,26,29-30,33,39H,3-17,21-25,27-28H2,1-2H3,(H,40,43)(H,41,45). The highest BCUT2D eigenvalue weighted by atomic mass is 16.5. The maximum atomic E-state index is 13.5. The minimum Gasteiger partial charge on any atom is -0.381 e. The molecule has 8 heteroatoms. The Balaban J connectivity index is 1.14. The van der Waals surface area contributed by atoms with E-state index in [1.54, 1.807) is 6.20 Å². The molecule has 1 aromatic carbocycles. The first-order valence-corrected chi connectivity index (χ1v) is 18.4. The van der Waals surface area contributed by atoms with Crippen LogP contribution in [-0.4, -0.2) is 46.5 Å².